The van der Waals surface area contributed by atoms with E-state index in [0.717, 1.165) is 0 Å². The van der Waals surface area contributed by atoms with E-state index in [-0.39, 0.29) is 11.7 Å². The Bertz CT molecular complexity index is 539. The van der Waals surface area contributed by atoms with Crippen LogP contribution in [0.1, 0.15) is 6.92 Å². The summed E-state index contributed by atoms with van der Waals surface area (Å²) in [5, 5.41) is 8.46. The Morgan fingerprint density at radius 3 is 2.50 bits per heavy atom. The van der Waals surface area contributed by atoms with Gasteiger partial charge in [0.25, 0.3) is 0 Å². The van der Waals surface area contributed by atoms with E-state index in [0.29, 0.717) is 10.7 Å². The summed E-state index contributed by atoms with van der Waals surface area (Å²) in [6.45, 7) is 1.83. The highest BCUT2D eigenvalue weighted by molar-refractivity contribution is 7.80. The van der Waals surface area contributed by atoms with Gasteiger partial charge in [-0.05, 0) is 31.3 Å². The third-order valence-corrected chi connectivity index (χ3v) is 3.47. The van der Waals surface area contributed by atoms with E-state index >= 15 is 0 Å². The van der Waals surface area contributed by atoms with Gasteiger partial charge in [-0.1, -0.05) is 58.5 Å². The summed E-state index contributed by atoms with van der Waals surface area (Å²) in [6.07, 6.45) is -1.84. The Kier molecular flexibility index (Phi) is 7.79. The molecule has 1 aromatic carbocycles. The molecule has 3 N–H and O–H groups in total. The number of hydrogen-bond donors (Lipinski definition) is 3. The molecule has 1 rings (SSSR count). The largest absolute Gasteiger partial charge is 0.450 e. The van der Waals surface area contributed by atoms with Gasteiger partial charge in [0.2, 0.25) is 3.79 Å². The number of carbonyl (C=O) groups excluding carboxylic acids is 1. The number of alkyl halides is 3. The zero-order valence-electron chi connectivity index (χ0n) is 11.3. The van der Waals surface area contributed by atoms with E-state index < -0.39 is 16.1 Å². The fourth-order valence-corrected chi connectivity index (χ4v) is 2.08. The highest BCUT2D eigenvalue weighted by Crippen LogP contribution is 2.29. The molecule has 122 valence electrons. The van der Waals surface area contributed by atoms with Gasteiger partial charge in [-0.3, -0.25) is 5.32 Å². The molecular weight excluding hydrogens is 392 g/mol. The fraction of sp³-hybridized carbons (Fsp3) is 0.333. The van der Waals surface area contributed by atoms with Crippen LogP contribution >= 0.6 is 58.6 Å². The summed E-state index contributed by atoms with van der Waals surface area (Å²) < 4.78 is 2.89. The van der Waals surface area contributed by atoms with Crippen molar-refractivity contribution < 1.29 is 9.53 Å². The van der Waals surface area contributed by atoms with Crippen molar-refractivity contribution in [1.29, 1.82) is 0 Å². The minimum absolute atomic E-state index is 0.112. The first-order valence-electron chi connectivity index (χ1n) is 6.06. The van der Waals surface area contributed by atoms with Gasteiger partial charge in [0.05, 0.1) is 17.3 Å². The van der Waals surface area contributed by atoms with Crippen molar-refractivity contribution in [2.45, 2.75) is 16.9 Å². The van der Waals surface area contributed by atoms with Crippen LogP contribution in [0.15, 0.2) is 24.3 Å². The number of benzene rings is 1. The maximum Gasteiger partial charge on any atom is 0.408 e. The van der Waals surface area contributed by atoms with Crippen LogP contribution in [0.4, 0.5) is 10.5 Å². The quantitative estimate of drug-likeness (QED) is 0.401. The van der Waals surface area contributed by atoms with Gasteiger partial charge in [-0.2, -0.15) is 0 Å². The number of hydrogen-bond acceptors (Lipinski definition) is 3. The lowest BCUT2D eigenvalue weighted by molar-refractivity contribution is 0.147. The molecular formula is C12H13Cl4N3O2S. The van der Waals surface area contributed by atoms with Crippen molar-refractivity contribution in [2.75, 3.05) is 11.9 Å². The van der Waals surface area contributed by atoms with Gasteiger partial charge >= 0.3 is 6.09 Å². The highest BCUT2D eigenvalue weighted by atomic mass is 35.6. The molecule has 22 heavy (non-hydrogen) atoms. The molecule has 0 radical (unpaired) electrons. The summed E-state index contributed by atoms with van der Waals surface area (Å²) >= 11 is 28.5. The smallest absolute Gasteiger partial charge is 0.408 e. The lowest BCUT2D eigenvalue weighted by Crippen LogP contribution is -2.56. The molecule has 0 fully saturated rings. The Balaban J connectivity index is 2.71. The van der Waals surface area contributed by atoms with Crippen LogP contribution in [0.25, 0.3) is 0 Å². The van der Waals surface area contributed by atoms with E-state index in [1.165, 1.54) is 0 Å². The lowest BCUT2D eigenvalue weighted by Gasteiger charge is -2.27. The predicted molar refractivity (Wildman–Crippen MR) is 95.0 cm³/mol. The zero-order chi connectivity index (χ0) is 16.8. The average molecular weight is 405 g/mol. The van der Waals surface area contributed by atoms with Gasteiger partial charge < -0.3 is 15.4 Å². The fourth-order valence-electron chi connectivity index (χ4n) is 1.34. The van der Waals surface area contributed by atoms with Gasteiger partial charge in [0.15, 0.2) is 11.3 Å². The topological polar surface area (TPSA) is 62.4 Å². The van der Waals surface area contributed by atoms with Crippen LogP contribution in [-0.4, -0.2) is 27.8 Å². The summed E-state index contributed by atoms with van der Waals surface area (Å²) in [4.78, 5) is 11.5. The maximum atomic E-state index is 11.5. The van der Waals surface area contributed by atoms with Gasteiger partial charge in [0, 0.05) is 0 Å². The molecule has 0 saturated heterocycles. The lowest BCUT2D eigenvalue weighted by atomic mass is 10.3. The molecule has 1 aromatic rings. The van der Waals surface area contributed by atoms with Crippen LogP contribution in [0.2, 0.25) is 5.02 Å². The number of anilines is 1. The normalized spacial score (nSPS) is 12.2. The number of nitrogens with one attached hydrogen (secondary N) is 3. The van der Waals surface area contributed by atoms with Crippen molar-refractivity contribution in [2.24, 2.45) is 0 Å². The summed E-state index contributed by atoms with van der Waals surface area (Å²) in [7, 11) is 0. The number of rotatable bonds is 4. The SMILES string of the molecule is CCOC(=O)NC(NC(=S)Nc1ccccc1Cl)C(Cl)(Cl)Cl. The third-order valence-electron chi connectivity index (χ3n) is 2.26. The molecule has 0 aliphatic carbocycles. The molecule has 1 unspecified atom stereocenters. The predicted octanol–water partition coefficient (Wildman–Crippen LogP) is 4.07. The first-order chi connectivity index (χ1) is 10.2. The molecule has 0 aromatic heterocycles. The number of ether oxygens (including phenoxy) is 1. The van der Waals surface area contributed by atoms with E-state index in [1.807, 2.05) is 0 Å². The van der Waals surface area contributed by atoms with E-state index in [9.17, 15) is 4.79 Å². The zero-order valence-corrected chi connectivity index (χ0v) is 15.2. The second kappa shape index (κ2) is 8.84. The molecule has 1 amide bonds. The number of halogens is 4. The minimum Gasteiger partial charge on any atom is -0.450 e. The average Bonchev–Trinajstić information content (AvgIpc) is 2.40. The monoisotopic (exact) mass is 403 g/mol. The molecule has 1 atom stereocenters. The second-order valence-corrected chi connectivity index (χ2v) is 7.10. The minimum atomic E-state index is -1.85. The molecule has 0 bridgehead atoms. The first kappa shape index (κ1) is 19.4. The standard InChI is InChI=1S/C12H13Cl4N3O2S/c1-2-21-11(20)19-9(12(14,15)16)18-10(22)17-8-6-4-3-5-7(8)13/h3-6,9H,2H2,1H3,(H,19,20)(H2,17,18,22). The molecule has 5 nitrogen and oxygen atoms in total. The van der Waals surface area contributed by atoms with Crippen molar-refractivity contribution in [3.8, 4) is 0 Å². The third kappa shape index (κ3) is 6.62. The molecule has 0 heterocycles. The Hall–Kier alpha value is -0.660. The van der Waals surface area contributed by atoms with Crippen LogP contribution in [0.5, 0.6) is 0 Å². The van der Waals surface area contributed by atoms with Crippen LogP contribution in [0.3, 0.4) is 0 Å². The van der Waals surface area contributed by atoms with Crippen LogP contribution in [-0.2, 0) is 4.74 Å². The van der Waals surface area contributed by atoms with E-state index in [1.54, 1.807) is 31.2 Å². The number of thiocarbonyl (C=S) groups is 1. The molecule has 0 saturated carbocycles. The van der Waals surface area contributed by atoms with Crippen LogP contribution in [0, 0.1) is 0 Å². The van der Waals surface area contributed by atoms with Crippen molar-refractivity contribution in [3.05, 3.63) is 29.3 Å². The van der Waals surface area contributed by atoms with E-state index in [4.69, 9.17) is 63.4 Å². The van der Waals surface area contributed by atoms with Crippen molar-refractivity contribution in [1.82, 2.24) is 10.6 Å². The number of carbonyl (C=O) groups is 1. The first-order valence-corrected chi connectivity index (χ1v) is 7.98. The Morgan fingerprint density at radius 2 is 1.95 bits per heavy atom. The second-order valence-electron chi connectivity index (χ2n) is 3.92. The molecule has 10 heteroatoms. The summed E-state index contributed by atoms with van der Waals surface area (Å²) in [5.74, 6) is 0. The summed E-state index contributed by atoms with van der Waals surface area (Å²) in [6, 6.07) is 6.96. The molecule has 0 aliphatic heterocycles. The highest BCUT2D eigenvalue weighted by Gasteiger charge is 2.35. The Labute approximate surface area is 153 Å². The van der Waals surface area contributed by atoms with Crippen molar-refractivity contribution >= 4 is 75.5 Å². The molecule has 0 aliphatic rings. The maximum absolute atomic E-state index is 11.5. The van der Waals surface area contributed by atoms with Gasteiger partial charge in [-0.25, -0.2) is 4.79 Å². The van der Waals surface area contributed by atoms with Crippen molar-refractivity contribution in [3.63, 3.8) is 0 Å². The number of alkyl carbamates (subject to hydrolysis) is 1. The Morgan fingerprint density at radius 1 is 1.32 bits per heavy atom. The van der Waals surface area contributed by atoms with E-state index in [2.05, 4.69) is 16.0 Å². The van der Waals surface area contributed by atoms with Gasteiger partial charge in [-0.15, -0.1) is 0 Å². The number of amides is 1. The number of para-hydroxylation sites is 1. The van der Waals surface area contributed by atoms with Crippen LogP contribution < -0.4 is 16.0 Å². The molecule has 0 spiro atoms. The van der Waals surface area contributed by atoms with Gasteiger partial charge in [0.1, 0.15) is 0 Å². The summed E-state index contributed by atoms with van der Waals surface area (Å²) in [5.41, 5.74) is 0.570.